The molecule has 0 saturated carbocycles. The van der Waals surface area contributed by atoms with Crippen LogP contribution in [0.2, 0.25) is 0 Å². The summed E-state index contributed by atoms with van der Waals surface area (Å²) in [6.07, 6.45) is -5.37. The van der Waals surface area contributed by atoms with Crippen LogP contribution in [0.4, 0.5) is 37.2 Å². The number of carboxylic acid groups (broad SMARTS) is 2. The molecule has 2 saturated heterocycles. The Morgan fingerprint density at radius 1 is 1.11 bits per heavy atom. The summed E-state index contributed by atoms with van der Waals surface area (Å²) < 4.78 is 69.5. The van der Waals surface area contributed by atoms with Gasteiger partial charge in [0, 0.05) is 19.3 Å². The number of fused-ring (bicyclic) bond motifs is 1. The first-order valence-electron chi connectivity index (χ1n) is 10.2. The Hall–Kier alpha value is -3.54. The average molecular weight is 559 g/mol. The lowest BCUT2D eigenvalue weighted by atomic mass is 9.92. The first kappa shape index (κ1) is 29.7. The SMILES string of the molecule is O=C(Nc1cccnc1)[C@H]1C[C@@H]2CCN(c3nncs3)C[C@H]2O1.O=C(O)C(F)(F)F.O=C(O)C(F)(F)F. The quantitative estimate of drug-likeness (QED) is 0.478. The molecule has 2 aliphatic rings. The van der Waals surface area contributed by atoms with Crippen molar-refractivity contribution >= 4 is 40.0 Å². The second kappa shape index (κ2) is 12.6. The number of halogens is 6. The van der Waals surface area contributed by atoms with Gasteiger partial charge in [0.1, 0.15) is 11.6 Å². The van der Waals surface area contributed by atoms with Gasteiger partial charge in [-0.3, -0.25) is 9.78 Å². The highest BCUT2D eigenvalue weighted by Gasteiger charge is 2.42. The van der Waals surface area contributed by atoms with Crippen molar-refractivity contribution in [3.8, 4) is 0 Å². The number of piperidine rings is 1. The third-order valence-corrected chi connectivity index (χ3v) is 5.63. The summed E-state index contributed by atoms with van der Waals surface area (Å²) in [5, 5.41) is 26.1. The molecule has 3 atom stereocenters. The third kappa shape index (κ3) is 9.45. The highest BCUT2D eigenvalue weighted by molar-refractivity contribution is 7.13. The molecule has 2 aliphatic heterocycles. The number of aromatic nitrogens is 3. The molecule has 4 heterocycles. The van der Waals surface area contributed by atoms with E-state index in [0.717, 1.165) is 31.1 Å². The van der Waals surface area contributed by atoms with E-state index in [1.807, 2.05) is 6.07 Å². The van der Waals surface area contributed by atoms with E-state index in [1.54, 1.807) is 24.0 Å². The van der Waals surface area contributed by atoms with Crippen molar-refractivity contribution in [1.82, 2.24) is 15.2 Å². The lowest BCUT2D eigenvalue weighted by molar-refractivity contribution is -0.193. The lowest BCUT2D eigenvalue weighted by Gasteiger charge is -2.33. The van der Waals surface area contributed by atoms with Gasteiger partial charge in [-0.15, -0.1) is 10.2 Å². The lowest BCUT2D eigenvalue weighted by Crippen LogP contribution is -2.42. The van der Waals surface area contributed by atoms with Gasteiger partial charge in [-0.1, -0.05) is 11.3 Å². The van der Waals surface area contributed by atoms with Crippen LogP contribution in [0.15, 0.2) is 30.0 Å². The predicted octanol–water partition coefficient (Wildman–Crippen LogP) is 2.82. The first-order chi connectivity index (χ1) is 17.2. The van der Waals surface area contributed by atoms with Gasteiger partial charge in [0.15, 0.2) is 0 Å². The number of carbonyl (C=O) groups excluding carboxylic acids is 1. The fourth-order valence-electron chi connectivity index (χ4n) is 3.24. The average Bonchev–Trinajstić information content (AvgIpc) is 3.49. The number of nitrogens with one attached hydrogen (secondary N) is 1. The minimum absolute atomic E-state index is 0.0808. The number of hydrogen-bond acceptors (Lipinski definition) is 9. The van der Waals surface area contributed by atoms with Crippen LogP contribution in [0, 0.1) is 5.92 Å². The molecule has 0 unspecified atom stereocenters. The Morgan fingerprint density at radius 2 is 1.73 bits per heavy atom. The fourth-order valence-corrected chi connectivity index (χ4v) is 3.84. The minimum Gasteiger partial charge on any atom is -0.475 e. The molecule has 204 valence electrons. The second-order valence-corrected chi connectivity index (χ2v) is 8.26. The molecular formula is C19H19F6N5O6S. The zero-order chi connectivity index (χ0) is 27.8. The van der Waals surface area contributed by atoms with Crippen molar-refractivity contribution in [2.24, 2.45) is 5.92 Å². The number of carbonyl (C=O) groups is 3. The van der Waals surface area contributed by atoms with E-state index in [9.17, 15) is 31.1 Å². The van der Waals surface area contributed by atoms with Gasteiger partial charge >= 0.3 is 24.3 Å². The van der Waals surface area contributed by atoms with E-state index in [1.165, 1.54) is 11.3 Å². The van der Waals surface area contributed by atoms with Gasteiger partial charge in [-0.25, -0.2) is 9.59 Å². The summed E-state index contributed by atoms with van der Waals surface area (Å²) in [6.45, 7) is 1.72. The number of hydrogen-bond donors (Lipinski definition) is 3. The highest BCUT2D eigenvalue weighted by Crippen LogP contribution is 2.35. The molecule has 0 aliphatic carbocycles. The zero-order valence-corrected chi connectivity index (χ0v) is 19.3. The molecule has 2 aromatic rings. The summed E-state index contributed by atoms with van der Waals surface area (Å²) in [5.74, 6) is -5.17. The van der Waals surface area contributed by atoms with Gasteiger partial charge in [-0.05, 0) is 30.9 Å². The predicted molar refractivity (Wildman–Crippen MR) is 114 cm³/mol. The molecule has 0 spiro atoms. The van der Waals surface area contributed by atoms with Crippen LogP contribution in [0.3, 0.4) is 0 Å². The maximum atomic E-state index is 12.4. The van der Waals surface area contributed by atoms with Crippen LogP contribution in [0.1, 0.15) is 12.8 Å². The normalized spacial score (nSPS) is 20.9. The van der Waals surface area contributed by atoms with E-state index in [0.29, 0.717) is 11.6 Å². The summed E-state index contributed by atoms with van der Waals surface area (Å²) in [7, 11) is 0. The largest absolute Gasteiger partial charge is 0.490 e. The van der Waals surface area contributed by atoms with E-state index < -0.39 is 24.3 Å². The standard InChI is InChI=1S/C15H17N5O2S.2C2HF3O2/c21-14(18-11-2-1-4-16-7-11)12-6-10-3-5-20(8-13(10)22-12)15-19-17-9-23-15;2*3-2(4,5)1(6)7/h1-2,4,7,9-10,12-13H,3,5-6,8H2,(H,18,21);2*(H,6,7)/t10-,12+,13+;;/m0../s1. The maximum absolute atomic E-state index is 12.4. The summed E-state index contributed by atoms with van der Waals surface area (Å²) in [6, 6.07) is 3.62. The number of ether oxygens (including phenoxy) is 1. The molecule has 37 heavy (non-hydrogen) atoms. The number of nitrogens with zero attached hydrogens (tertiary/aromatic N) is 4. The Bertz CT molecular complexity index is 1020. The monoisotopic (exact) mass is 559 g/mol. The molecule has 1 amide bonds. The third-order valence-electron chi connectivity index (χ3n) is 4.88. The summed E-state index contributed by atoms with van der Waals surface area (Å²) in [5.41, 5.74) is 2.44. The van der Waals surface area contributed by atoms with E-state index in [-0.39, 0.29) is 18.1 Å². The van der Waals surface area contributed by atoms with Crippen LogP contribution in [0.25, 0.3) is 0 Å². The van der Waals surface area contributed by atoms with Crippen molar-refractivity contribution in [2.45, 2.75) is 37.4 Å². The van der Waals surface area contributed by atoms with Gasteiger partial charge in [0.05, 0.1) is 18.0 Å². The van der Waals surface area contributed by atoms with E-state index >= 15 is 0 Å². The number of alkyl halides is 6. The van der Waals surface area contributed by atoms with Crippen molar-refractivity contribution < 1.29 is 55.7 Å². The number of aliphatic carboxylic acids is 2. The topological polar surface area (TPSA) is 155 Å². The van der Waals surface area contributed by atoms with E-state index in [4.69, 9.17) is 24.5 Å². The number of carboxylic acids is 2. The molecule has 18 heteroatoms. The molecule has 11 nitrogen and oxygen atoms in total. The van der Waals surface area contributed by atoms with Crippen LogP contribution in [0.5, 0.6) is 0 Å². The van der Waals surface area contributed by atoms with Crippen molar-refractivity contribution in [3.63, 3.8) is 0 Å². The number of amides is 1. The van der Waals surface area contributed by atoms with Crippen LogP contribution in [-0.4, -0.2) is 80.9 Å². The minimum atomic E-state index is -5.08. The Morgan fingerprint density at radius 3 is 2.22 bits per heavy atom. The Balaban J connectivity index is 0.000000286. The smallest absolute Gasteiger partial charge is 0.475 e. The molecular weight excluding hydrogens is 540 g/mol. The van der Waals surface area contributed by atoms with Gasteiger partial charge in [0.2, 0.25) is 5.13 Å². The molecule has 2 aromatic heterocycles. The molecule has 0 aromatic carbocycles. The fraction of sp³-hybridized carbons (Fsp3) is 0.474. The molecule has 2 fully saturated rings. The van der Waals surface area contributed by atoms with Crippen molar-refractivity contribution in [3.05, 3.63) is 30.0 Å². The number of anilines is 2. The number of pyridine rings is 1. The molecule has 4 rings (SSSR count). The highest BCUT2D eigenvalue weighted by atomic mass is 32.1. The second-order valence-electron chi connectivity index (χ2n) is 7.45. The van der Waals surface area contributed by atoms with Gasteiger partial charge < -0.3 is 25.2 Å². The van der Waals surface area contributed by atoms with Crippen LogP contribution < -0.4 is 10.2 Å². The zero-order valence-electron chi connectivity index (χ0n) is 18.4. The maximum Gasteiger partial charge on any atom is 0.490 e. The first-order valence-corrected chi connectivity index (χ1v) is 11.0. The summed E-state index contributed by atoms with van der Waals surface area (Å²) >= 11 is 1.53. The van der Waals surface area contributed by atoms with Gasteiger partial charge in [0.25, 0.3) is 5.91 Å². The number of rotatable bonds is 3. The van der Waals surface area contributed by atoms with Crippen molar-refractivity contribution in [1.29, 1.82) is 0 Å². The van der Waals surface area contributed by atoms with Crippen molar-refractivity contribution in [2.75, 3.05) is 23.3 Å². The van der Waals surface area contributed by atoms with Crippen LogP contribution in [-0.2, 0) is 19.1 Å². The molecule has 0 radical (unpaired) electrons. The van der Waals surface area contributed by atoms with Gasteiger partial charge in [-0.2, -0.15) is 26.3 Å². The Labute approximate surface area is 208 Å². The Kier molecular flexibility index (Phi) is 10.1. The molecule has 0 bridgehead atoms. The van der Waals surface area contributed by atoms with E-state index in [2.05, 4.69) is 25.4 Å². The summed E-state index contributed by atoms with van der Waals surface area (Å²) in [4.78, 5) is 36.4. The molecule has 3 N–H and O–H groups in total. The van der Waals surface area contributed by atoms with Crippen LogP contribution >= 0.6 is 11.3 Å².